The van der Waals surface area contributed by atoms with Crippen LogP contribution in [0.2, 0.25) is 0 Å². The smallest absolute Gasteiger partial charge is 0.255 e. The molecule has 52 heavy (non-hydrogen) atoms. The topological polar surface area (TPSA) is 166 Å². The van der Waals surface area contributed by atoms with Crippen molar-refractivity contribution < 1.29 is 23.9 Å². The van der Waals surface area contributed by atoms with Gasteiger partial charge in [0.1, 0.15) is 35.4 Å². The van der Waals surface area contributed by atoms with Gasteiger partial charge < -0.3 is 20.3 Å². The molecule has 8 rings (SSSR count). The van der Waals surface area contributed by atoms with Crippen molar-refractivity contribution in [2.75, 3.05) is 24.6 Å². The highest BCUT2D eigenvalue weighted by Gasteiger charge is 2.40. The number of thioether (sulfide) groups is 1. The number of piperidine rings is 2. The molecule has 0 aliphatic carbocycles. The van der Waals surface area contributed by atoms with Crippen molar-refractivity contribution in [3.8, 4) is 22.8 Å². The molecule has 0 bridgehead atoms. The number of amides is 4. The minimum absolute atomic E-state index is 0.0471. The van der Waals surface area contributed by atoms with Gasteiger partial charge >= 0.3 is 0 Å². The van der Waals surface area contributed by atoms with E-state index in [1.807, 2.05) is 76.3 Å². The number of rotatable bonds is 9. The predicted octanol–water partition coefficient (Wildman–Crippen LogP) is 4.97. The molecule has 3 aliphatic heterocycles. The quantitative estimate of drug-likeness (QED) is 0.157. The molecule has 2 atom stereocenters. The molecule has 0 spiro atoms. The number of carbonyl (C=O) groups is 4. The van der Waals surface area contributed by atoms with E-state index in [1.165, 1.54) is 18.1 Å². The standard InChI is InChI=1S/C38H36N8O5S/c39-35-33-34(23-11-13-26(14-12-23)51-25-7-2-1-3-8-25)43-46(36(33)41-22-40-35)24-6-5-18-44(20-24)32(48)17-19-52-30-10-4-9-27-28(30)21-45(38(27)50)29-15-16-31(47)42-37(29)49/h1-4,7-14,22,24,29H,5-6,15-21H2,(H2,39,40,41)(H,42,47,49)/t24-,29?/m1/s1. The first-order valence-electron chi connectivity index (χ1n) is 17.3. The van der Waals surface area contributed by atoms with Crippen LogP contribution >= 0.6 is 11.8 Å². The molecule has 5 aromatic rings. The SMILES string of the molecule is Nc1ncnc2c1c(-c1ccc(Oc3ccccc3)cc1)nn2[C@@H]1CCCN(C(=O)CCSc2cccc3c2CN(C2CCC(=O)NC2=O)C3=O)C1. The van der Waals surface area contributed by atoms with Crippen LogP contribution in [0.4, 0.5) is 5.82 Å². The third-order valence-corrected chi connectivity index (χ3v) is 10.9. The Morgan fingerprint density at radius 2 is 1.77 bits per heavy atom. The number of nitrogens with one attached hydrogen (secondary N) is 1. The van der Waals surface area contributed by atoms with Crippen LogP contribution in [0.3, 0.4) is 0 Å². The van der Waals surface area contributed by atoms with Crippen molar-refractivity contribution in [3.63, 3.8) is 0 Å². The van der Waals surface area contributed by atoms with Crippen molar-refractivity contribution in [1.82, 2.24) is 34.9 Å². The minimum atomic E-state index is -0.671. The van der Waals surface area contributed by atoms with Crippen LogP contribution in [0.25, 0.3) is 22.3 Å². The molecule has 264 valence electrons. The van der Waals surface area contributed by atoms with E-state index in [0.29, 0.717) is 72.1 Å². The Morgan fingerprint density at radius 1 is 0.962 bits per heavy atom. The van der Waals surface area contributed by atoms with Crippen LogP contribution in [0.5, 0.6) is 11.5 Å². The van der Waals surface area contributed by atoms with Gasteiger partial charge in [0.05, 0.1) is 11.4 Å². The monoisotopic (exact) mass is 716 g/mol. The highest BCUT2D eigenvalue weighted by molar-refractivity contribution is 7.99. The molecular weight excluding hydrogens is 681 g/mol. The van der Waals surface area contributed by atoms with Crippen molar-refractivity contribution in [2.24, 2.45) is 0 Å². The number of nitrogens with zero attached hydrogens (tertiary/aromatic N) is 6. The Bertz CT molecular complexity index is 2190. The fourth-order valence-electron chi connectivity index (χ4n) is 7.24. The van der Waals surface area contributed by atoms with E-state index in [1.54, 1.807) is 11.0 Å². The number of para-hydroxylation sites is 1. The lowest BCUT2D eigenvalue weighted by Crippen LogP contribution is -2.52. The lowest BCUT2D eigenvalue weighted by atomic mass is 10.0. The average molecular weight is 717 g/mol. The lowest BCUT2D eigenvalue weighted by molar-refractivity contribution is -0.137. The number of likely N-dealkylation sites (tertiary alicyclic amines) is 1. The molecule has 0 radical (unpaired) electrons. The molecule has 3 aliphatic rings. The number of hydrogen-bond acceptors (Lipinski definition) is 10. The normalized spacial score (nSPS) is 18.8. The number of nitrogen functional groups attached to an aromatic ring is 1. The predicted molar refractivity (Wildman–Crippen MR) is 194 cm³/mol. The highest BCUT2D eigenvalue weighted by Crippen LogP contribution is 2.37. The fourth-order valence-corrected chi connectivity index (χ4v) is 8.26. The summed E-state index contributed by atoms with van der Waals surface area (Å²) in [5, 5.41) is 8.04. The Labute approximate surface area is 303 Å². The number of hydrogen-bond donors (Lipinski definition) is 2. The van der Waals surface area contributed by atoms with E-state index in [9.17, 15) is 19.2 Å². The van der Waals surface area contributed by atoms with E-state index in [4.69, 9.17) is 15.6 Å². The molecule has 2 fully saturated rings. The van der Waals surface area contributed by atoms with E-state index in [2.05, 4.69) is 15.3 Å². The number of carbonyl (C=O) groups excluding carboxylic acids is 4. The number of benzene rings is 3. The molecule has 14 heteroatoms. The van der Waals surface area contributed by atoms with Gasteiger partial charge in [0.25, 0.3) is 5.91 Å². The number of fused-ring (bicyclic) bond motifs is 2. The molecule has 13 nitrogen and oxygen atoms in total. The highest BCUT2D eigenvalue weighted by atomic mass is 32.2. The second-order valence-electron chi connectivity index (χ2n) is 13.1. The Balaban J connectivity index is 0.935. The number of imide groups is 1. The van der Waals surface area contributed by atoms with Gasteiger partial charge in [-0.2, -0.15) is 5.10 Å². The summed E-state index contributed by atoms with van der Waals surface area (Å²) in [4.78, 5) is 64.1. The zero-order valence-electron chi connectivity index (χ0n) is 28.2. The number of aromatic nitrogens is 4. The van der Waals surface area contributed by atoms with Crippen molar-refractivity contribution in [1.29, 1.82) is 0 Å². The van der Waals surface area contributed by atoms with Crippen molar-refractivity contribution >= 4 is 52.2 Å². The van der Waals surface area contributed by atoms with Crippen LogP contribution in [0.15, 0.2) is 84.0 Å². The second-order valence-corrected chi connectivity index (χ2v) is 14.2. The first kappa shape index (κ1) is 33.4. The van der Waals surface area contributed by atoms with Gasteiger partial charge in [-0.25, -0.2) is 14.6 Å². The van der Waals surface area contributed by atoms with Gasteiger partial charge in [0.15, 0.2) is 5.65 Å². The van der Waals surface area contributed by atoms with Gasteiger partial charge in [-0.05, 0) is 73.4 Å². The first-order chi connectivity index (χ1) is 25.3. The van der Waals surface area contributed by atoms with Crippen LogP contribution in [-0.2, 0) is 20.9 Å². The molecular formula is C38H36N8O5S. The Kier molecular flexibility index (Phi) is 9.05. The maximum Gasteiger partial charge on any atom is 0.255 e. The Morgan fingerprint density at radius 3 is 2.58 bits per heavy atom. The zero-order valence-corrected chi connectivity index (χ0v) is 29.1. The maximum atomic E-state index is 13.6. The molecule has 2 aromatic heterocycles. The van der Waals surface area contributed by atoms with Gasteiger partial charge in [0, 0.05) is 54.3 Å². The molecule has 0 saturated carbocycles. The summed E-state index contributed by atoms with van der Waals surface area (Å²) in [6.07, 6.45) is 3.93. The van der Waals surface area contributed by atoms with Gasteiger partial charge in [-0.1, -0.05) is 24.3 Å². The number of anilines is 1. The number of nitrogens with two attached hydrogens (primary N) is 1. The van der Waals surface area contributed by atoms with Crippen molar-refractivity contribution in [3.05, 3.63) is 90.3 Å². The summed E-state index contributed by atoms with van der Waals surface area (Å²) >= 11 is 1.53. The summed E-state index contributed by atoms with van der Waals surface area (Å²) in [5.41, 5.74) is 9.96. The maximum absolute atomic E-state index is 13.6. The van der Waals surface area contributed by atoms with Crippen molar-refractivity contribution in [2.45, 2.75) is 55.6 Å². The molecule has 1 unspecified atom stereocenters. The van der Waals surface area contributed by atoms with Crippen LogP contribution in [0.1, 0.15) is 54.1 Å². The van der Waals surface area contributed by atoms with E-state index in [-0.39, 0.29) is 30.2 Å². The largest absolute Gasteiger partial charge is 0.457 e. The van der Waals surface area contributed by atoms with Crippen LogP contribution in [0, 0.1) is 0 Å². The fraction of sp³-hybridized carbons (Fsp3) is 0.289. The molecule has 5 heterocycles. The van der Waals surface area contributed by atoms with Gasteiger partial charge in [0.2, 0.25) is 17.7 Å². The van der Waals surface area contributed by atoms with Crippen LogP contribution < -0.4 is 15.8 Å². The number of ether oxygens (including phenoxy) is 1. The lowest BCUT2D eigenvalue weighted by Gasteiger charge is -2.33. The summed E-state index contributed by atoms with van der Waals surface area (Å²) in [5.74, 6) is 1.40. The summed E-state index contributed by atoms with van der Waals surface area (Å²) in [6.45, 7) is 1.44. The molecule has 3 aromatic carbocycles. The summed E-state index contributed by atoms with van der Waals surface area (Å²) in [6, 6.07) is 22.0. The van der Waals surface area contributed by atoms with E-state index < -0.39 is 11.9 Å². The van der Waals surface area contributed by atoms with Crippen LogP contribution in [-0.4, -0.2) is 78.1 Å². The third-order valence-electron chi connectivity index (χ3n) is 9.83. The molecule has 3 N–H and O–H groups in total. The summed E-state index contributed by atoms with van der Waals surface area (Å²) < 4.78 is 7.87. The molecule has 4 amide bonds. The van der Waals surface area contributed by atoms with E-state index >= 15 is 0 Å². The Hall–Kier alpha value is -5.76. The zero-order chi connectivity index (χ0) is 35.8. The third kappa shape index (κ3) is 6.45. The van der Waals surface area contributed by atoms with Gasteiger partial charge in [-0.3, -0.25) is 24.5 Å². The second kappa shape index (κ2) is 14.1. The first-order valence-corrected chi connectivity index (χ1v) is 18.3. The minimum Gasteiger partial charge on any atom is -0.457 e. The average Bonchev–Trinajstić information content (AvgIpc) is 3.72. The molecule has 2 saturated heterocycles. The summed E-state index contributed by atoms with van der Waals surface area (Å²) in [7, 11) is 0. The van der Waals surface area contributed by atoms with E-state index in [0.717, 1.165) is 34.6 Å². The van der Waals surface area contributed by atoms with Gasteiger partial charge in [-0.15, -0.1) is 11.8 Å².